The number of hydrogen-bond donors (Lipinski definition) is 2. The summed E-state index contributed by atoms with van der Waals surface area (Å²) < 4.78 is 5.10. The molecule has 1 aromatic carbocycles. The van der Waals surface area contributed by atoms with Gasteiger partial charge in [0.25, 0.3) is 5.69 Å². The van der Waals surface area contributed by atoms with Crippen LogP contribution < -0.4 is 11.5 Å². The fraction of sp³-hybridized carbons (Fsp3) is 0.417. The first-order valence-corrected chi connectivity index (χ1v) is 6.13. The third-order valence-electron chi connectivity index (χ3n) is 2.57. The van der Waals surface area contributed by atoms with E-state index in [-0.39, 0.29) is 12.3 Å². The Morgan fingerprint density at radius 2 is 1.75 bits per heavy atom. The van der Waals surface area contributed by atoms with E-state index in [0.717, 1.165) is 0 Å². The standard InChI is InChI=1S/C12H18N4O4/c13-5-7-15(8-6-14)12(17)20-9-10-1-3-11(4-2-10)16(18)19/h1-4H,5-9,13-14H2. The molecule has 0 bridgehead atoms. The van der Waals surface area contributed by atoms with Crippen molar-refractivity contribution in [3.05, 3.63) is 39.9 Å². The number of nitro benzene ring substituents is 1. The van der Waals surface area contributed by atoms with Gasteiger partial charge in [-0.05, 0) is 17.7 Å². The lowest BCUT2D eigenvalue weighted by atomic mass is 10.2. The number of rotatable bonds is 7. The largest absolute Gasteiger partial charge is 0.445 e. The Labute approximate surface area is 116 Å². The first-order chi connectivity index (χ1) is 9.58. The lowest BCUT2D eigenvalue weighted by Gasteiger charge is -2.20. The summed E-state index contributed by atoms with van der Waals surface area (Å²) in [5.74, 6) is 0. The molecule has 1 rings (SSSR count). The monoisotopic (exact) mass is 282 g/mol. The van der Waals surface area contributed by atoms with Crippen LogP contribution in [0.2, 0.25) is 0 Å². The van der Waals surface area contributed by atoms with Crippen molar-refractivity contribution >= 4 is 11.8 Å². The Balaban J connectivity index is 2.52. The van der Waals surface area contributed by atoms with E-state index in [9.17, 15) is 14.9 Å². The Hall–Kier alpha value is -2.19. The van der Waals surface area contributed by atoms with Crippen LogP contribution in [0.15, 0.2) is 24.3 Å². The molecule has 110 valence electrons. The normalized spacial score (nSPS) is 10.1. The highest BCUT2D eigenvalue weighted by Gasteiger charge is 2.13. The summed E-state index contributed by atoms with van der Waals surface area (Å²) in [6.45, 7) is 1.44. The summed E-state index contributed by atoms with van der Waals surface area (Å²) >= 11 is 0. The number of non-ortho nitro benzene ring substituents is 1. The molecule has 1 aromatic rings. The van der Waals surface area contributed by atoms with Crippen LogP contribution in [-0.4, -0.2) is 42.1 Å². The van der Waals surface area contributed by atoms with E-state index in [0.29, 0.717) is 31.7 Å². The molecule has 8 heteroatoms. The second-order valence-corrected chi connectivity index (χ2v) is 4.04. The lowest BCUT2D eigenvalue weighted by molar-refractivity contribution is -0.384. The molecule has 0 atom stereocenters. The molecule has 0 saturated heterocycles. The maximum absolute atomic E-state index is 11.8. The van der Waals surface area contributed by atoms with E-state index in [2.05, 4.69) is 0 Å². The summed E-state index contributed by atoms with van der Waals surface area (Å²) in [5.41, 5.74) is 11.5. The maximum Gasteiger partial charge on any atom is 0.410 e. The Bertz CT molecular complexity index is 443. The van der Waals surface area contributed by atoms with Crippen molar-refractivity contribution < 1.29 is 14.5 Å². The fourth-order valence-corrected chi connectivity index (χ4v) is 1.56. The minimum Gasteiger partial charge on any atom is -0.445 e. The lowest BCUT2D eigenvalue weighted by Crippen LogP contribution is -2.39. The molecule has 0 unspecified atom stereocenters. The molecule has 0 spiro atoms. The highest BCUT2D eigenvalue weighted by atomic mass is 16.6. The Morgan fingerprint density at radius 1 is 1.20 bits per heavy atom. The molecule has 4 N–H and O–H groups in total. The van der Waals surface area contributed by atoms with Gasteiger partial charge in [-0.15, -0.1) is 0 Å². The third kappa shape index (κ3) is 4.82. The summed E-state index contributed by atoms with van der Waals surface area (Å²) in [6, 6.07) is 5.81. The molecule has 0 aliphatic heterocycles. The van der Waals surface area contributed by atoms with Gasteiger partial charge in [0.2, 0.25) is 0 Å². The van der Waals surface area contributed by atoms with E-state index < -0.39 is 11.0 Å². The number of ether oxygens (including phenoxy) is 1. The van der Waals surface area contributed by atoms with Crippen molar-refractivity contribution in [1.29, 1.82) is 0 Å². The van der Waals surface area contributed by atoms with Crippen molar-refractivity contribution in [2.45, 2.75) is 6.61 Å². The molecule has 0 aliphatic carbocycles. The zero-order chi connectivity index (χ0) is 15.0. The zero-order valence-electron chi connectivity index (χ0n) is 11.0. The SMILES string of the molecule is NCCN(CCN)C(=O)OCc1ccc([N+](=O)[O-])cc1. The fourth-order valence-electron chi connectivity index (χ4n) is 1.56. The molecule has 0 fully saturated rings. The molecular weight excluding hydrogens is 264 g/mol. The van der Waals surface area contributed by atoms with Crippen LogP contribution in [0.25, 0.3) is 0 Å². The van der Waals surface area contributed by atoms with Gasteiger partial charge >= 0.3 is 6.09 Å². The van der Waals surface area contributed by atoms with Crippen LogP contribution >= 0.6 is 0 Å². The summed E-state index contributed by atoms with van der Waals surface area (Å²) in [4.78, 5) is 23.2. The van der Waals surface area contributed by atoms with Gasteiger partial charge < -0.3 is 21.1 Å². The second kappa shape index (κ2) is 8.08. The van der Waals surface area contributed by atoms with Gasteiger partial charge in [0.05, 0.1) is 4.92 Å². The molecule has 0 aromatic heterocycles. The summed E-state index contributed by atoms with van der Waals surface area (Å²) in [5, 5.41) is 10.5. The molecular formula is C12H18N4O4. The van der Waals surface area contributed by atoms with E-state index >= 15 is 0 Å². The van der Waals surface area contributed by atoms with Gasteiger partial charge in [-0.2, -0.15) is 0 Å². The number of carbonyl (C=O) groups excluding carboxylic acids is 1. The molecule has 1 amide bonds. The molecule has 0 heterocycles. The Morgan fingerprint density at radius 3 is 2.20 bits per heavy atom. The Kier molecular flexibility index (Phi) is 6.41. The average molecular weight is 282 g/mol. The van der Waals surface area contributed by atoms with Gasteiger partial charge in [0.1, 0.15) is 6.61 Å². The van der Waals surface area contributed by atoms with Crippen LogP contribution in [0.4, 0.5) is 10.5 Å². The van der Waals surface area contributed by atoms with Crippen LogP contribution in [-0.2, 0) is 11.3 Å². The van der Waals surface area contributed by atoms with Crippen molar-refractivity contribution in [3.63, 3.8) is 0 Å². The van der Waals surface area contributed by atoms with E-state index in [1.807, 2.05) is 0 Å². The molecule has 20 heavy (non-hydrogen) atoms. The van der Waals surface area contributed by atoms with Gasteiger partial charge in [-0.3, -0.25) is 10.1 Å². The minimum absolute atomic E-state index is 0.00651. The number of benzene rings is 1. The van der Waals surface area contributed by atoms with Gasteiger partial charge in [-0.1, -0.05) is 0 Å². The average Bonchev–Trinajstić information content (AvgIpc) is 2.45. The second-order valence-electron chi connectivity index (χ2n) is 4.04. The maximum atomic E-state index is 11.8. The molecule has 8 nitrogen and oxygen atoms in total. The summed E-state index contributed by atoms with van der Waals surface area (Å²) in [6.07, 6.45) is -0.501. The predicted octanol–water partition coefficient (Wildman–Crippen LogP) is 0.451. The third-order valence-corrected chi connectivity index (χ3v) is 2.57. The van der Waals surface area contributed by atoms with E-state index in [4.69, 9.17) is 16.2 Å². The van der Waals surface area contributed by atoms with Crippen LogP contribution in [0.1, 0.15) is 5.56 Å². The van der Waals surface area contributed by atoms with Crippen LogP contribution in [0.5, 0.6) is 0 Å². The predicted molar refractivity (Wildman–Crippen MR) is 73.0 cm³/mol. The van der Waals surface area contributed by atoms with Crippen LogP contribution in [0, 0.1) is 10.1 Å². The smallest absolute Gasteiger partial charge is 0.410 e. The topological polar surface area (TPSA) is 125 Å². The van der Waals surface area contributed by atoms with E-state index in [1.165, 1.54) is 17.0 Å². The van der Waals surface area contributed by atoms with Crippen molar-refractivity contribution in [1.82, 2.24) is 4.90 Å². The van der Waals surface area contributed by atoms with Crippen molar-refractivity contribution in [2.75, 3.05) is 26.2 Å². The highest BCUT2D eigenvalue weighted by Crippen LogP contribution is 2.12. The van der Waals surface area contributed by atoms with Crippen molar-refractivity contribution in [3.8, 4) is 0 Å². The number of carbonyl (C=O) groups is 1. The number of hydrogen-bond acceptors (Lipinski definition) is 6. The van der Waals surface area contributed by atoms with Gasteiger partial charge in [-0.25, -0.2) is 4.79 Å². The highest BCUT2D eigenvalue weighted by molar-refractivity contribution is 5.67. The number of nitro groups is 1. The zero-order valence-corrected chi connectivity index (χ0v) is 11.0. The molecule has 0 saturated carbocycles. The van der Waals surface area contributed by atoms with Crippen LogP contribution in [0.3, 0.4) is 0 Å². The number of nitrogens with zero attached hydrogens (tertiary/aromatic N) is 2. The quantitative estimate of drug-likeness (QED) is 0.552. The number of nitrogens with two attached hydrogens (primary N) is 2. The van der Waals surface area contributed by atoms with Gasteiger partial charge in [0.15, 0.2) is 0 Å². The molecule has 0 radical (unpaired) electrons. The minimum atomic E-state index is -0.501. The van der Waals surface area contributed by atoms with Gasteiger partial charge in [0, 0.05) is 38.3 Å². The van der Waals surface area contributed by atoms with E-state index in [1.54, 1.807) is 12.1 Å². The van der Waals surface area contributed by atoms with Crippen molar-refractivity contribution in [2.24, 2.45) is 11.5 Å². The summed E-state index contributed by atoms with van der Waals surface area (Å²) in [7, 11) is 0. The number of amides is 1. The molecule has 0 aliphatic rings. The first-order valence-electron chi connectivity index (χ1n) is 6.13. The first kappa shape index (κ1) is 15.9.